The monoisotopic (exact) mass is 467 g/mol. The van der Waals surface area contributed by atoms with Crippen LogP contribution in [0.1, 0.15) is 20.9 Å². The highest BCUT2D eigenvalue weighted by Gasteiger charge is 2.12. The average Bonchev–Trinajstić information content (AvgIpc) is 3.10. The number of halogens is 3. The van der Waals surface area contributed by atoms with E-state index in [1.165, 1.54) is 6.21 Å². The molecule has 0 saturated carbocycles. The molecular formula is C18H12Cl3N5O2S. The Balaban J connectivity index is 1.52. The average molecular weight is 469 g/mol. The van der Waals surface area contributed by atoms with Gasteiger partial charge in [-0.2, -0.15) is 5.10 Å². The summed E-state index contributed by atoms with van der Waals surface area (Å²) in [6, 6.07) is 11.3. The molecule has 0 atom stereocenters. The van der Waals surface area contributed by atoms with Crippen molar-refractivity contribution >= 4 is 69.3 Å². The molecule has 0 saturated heterocycles. The minimum Gasteiger partial charge on any atom is -0.296 e. The molecule has 7 nitrogen and oxygen atoms in total. The highest BCUT2D eigenvalue weighted by atomic mass is 35.5. The third-order valence-electron chi connectivity index (χ3n) is 3.46. The Hall–Kier alpha value is -2.52. The first kappa shape index (κ1) is 21.2. The standard InChI is InChI=1S/C18H12Cl3N5O2S/c19-12-4-1-10(2-5-12)17(28)23-18-26-25-16(29-18)8-15(27)24-22-9-11-3-6-13(20)7-14(11)21/h1-7,9H,8H2,(H,24,27)(H,23,26,28)/b22-9-. The number of aromatic nitrogens is 2. The van der Waals surface area contributed by atoms with Gasteiger partial charge in [0.2, 0.25) is 11.0 Å². The summed E-state index contributed by atoms with van der Waals surface area (Å²) < 4.78 is 0. The summed E-state index contributed by atoms with van der Waals surface area (Å²) in [5.74, 6) is -0.740. The fraction of sp³-hybridized carbons (Fsp3) is 0.0556. The molecule has 0 bridgehead atoms. The topological polar surface area (TPSA) is 96.3 Å². The SMILES string of the molecule is O=C(Cc1nnc(NC(=O)c2ccc(Cl)cc2)s1)N/N=C\c1ccc(Cl)cc1Cl. The van der Waals surface area contributed by atoms with Crippen LogP contribution in [0.15, 0.2) is 47.6 Å². The largest absolute Gasteiger partial charge is 0.296 e. The van der Waals surface area contributed by atoms with E-state index in [1.54, 1.807) is 42.5 Å². The van der Waals surface area contributed by atoms with Crippen LogP contribution in [0.2, 0.25) is 15.1 Å². The van der Waals surface area contributed by atoms with Gasteiger partial charge in [-0.15, -0.1) is 10.2 Å². The van der Waals surface area contributed by atoms with Gasteiger partial charge in [0.25, 0.3) is 5.91 Å². The van der Waals surface area contributed by atoms with E-state index in [1.807, 2.05) is 0 Å². The van der Waals surface area contributed by atoms with Crippen molar-refractivity contribution in [1.29, 1.82) is 0 Å². The fourth-order valence-electron chi connectivity index (χ4n) is 2.10. The second kappa shape index (κ2) is 9.80. The van der Waals surface area contributed by atoms with Crippen LogP contribution >= 0.6 is 46.1 Å². The molecule has 148 valence electrons. The predicted molar refractivity (Wildman–Crippen MR) is 115 cm³/mol. The first-order valence-electron chi connectivity index (χ1n) is 8.07. The van der Waals surface area contributed by atoms with Gasteiger partial charge in [-0.25, -0.2) is 5.43 Å². The number of hydrogen-bond donors (Lipinski definition) is 2. The van der Waals surface area contributed by atoms with Gasteiger partial charge >= 0.3 is 0 Å². The number of benzene rings is 2. The van der Waals surface area contributed by atoms with Gasteiger partial charge in [0.15, 0.2) is 0 Å². The van der Waals surface area contributed by atoms with Crippen molar-refractivity contribution < 1.29 is 9.59 Å². The maximum atomic E-state index is 12.1. The summed E-state index contributed by atoms with van der Waals surface area (Å²) in [5.41, 5.74) is 3.42. The number of hydrogen-bond acceptors (Lipinski definition) is 6. The highest BCUT2D eigenvalue weighted by Crippen LogP contribution is 2.20. The zero-order valence-electron chi connectivity index (χ0n) is 14.5. The third kappa shape index (κ3) is 6.23. The van der Waals surface area contributed by atoms with Gasteiger partial charge in [0.05, 0.1) is 17.7 Å². The van der Waals surface area contributed by atoms with Crippen LogP contribution in [0, 0.1) is 0 Å². The maximum Gasteiger partial charge on any atom is 0.257 e. The van der Waals surface area contributed by atoms with Gasteiger partial charge in [-0.05, 0) is 36.4 Å². The highest BCUT2D eigenvalue weighted by molar-refractivity contribution is 7.15. The van der Waals surface area contributed by atoms with Gasteiger partial charge < -0.3 is 0 Å². The fourth-order valence-corrected chi connectivity index (χ4v) is 3.42. The number of rotatable bonds is 6. The quantitative estimate of drug-likeness (QED) is 0.413. The summed E-state index contributed by atoms with van der Waals surface area (Å²) >= 11 is 18.7. The van der Waals surface area contributed by atoms with E-state index >= 15 is 0 Å². The Morgan fingerprint density at radius 1 is 1.03 bits per heavy atom. The van der Waals surface area contributed by atoms with E-state index in [0.717, 1.165) is 11.3 Å². The Kier molecular flexibility index (Phi) is 7.16. The van der Waals surface area contributed by atoms with Gasteiger partial charge in [0.1, 0.15) is 5.01 Å². The lowest BCUT2D eigenvalue weighted by Crippen LogP contribution is -2.19. The molecule has 2 N–H and O–H groups in total. The van der Waals surface area contributed by atoms with E-state index < -0.39 is 5.91 Å². The van der Waals surface area contributed by atoms with Crippen LogP contribution in [0.4, 0.5) is 5.13 Å². The number of hydrazone groups is 1. The molecule has 0 aliphatic rings. The van der Waals surface area contributed by atoms with E-state index in [0.29, 0.717) is 31.2 Å². The molecule has 0 fully saturated rings. The summed E-state index contributed by atoms with van der Waals surface area (Å²) in [7, 11) is 0. The van der Waals surface area contributed by atoms with Gasteiger partial charge in [-0.3, -0.25) is 14.9 Å². The van der Waals surface area contributed by atoms with Crippen molar-refractivity contribution in [3.63, 3.8) is 0 Å². The lowest BCUT2D eigenvalue weighted by molar-refractivity contribution is -0.120. The number of nitrogens with zero attached hydrogens (tertiary/aromatic N) is 3. The molecule has 0 spiro atoms. The predicted octanol–water partition coefficient (Wildman–Crippen LogP) is 4.44. The number of carbonyl (C=O) groups is 2. The van der Waals surface area contributed by atoms with Crippen LogP contribution < -0.4 is 10.7 Å². The number of nitrogens with one attached hydrogen (secondary N) is 2. The molecule has 29 heavy (non-hydrogen) atoms. The molecule has 1 aromatic heterocycles. The van der Waals surface area contributed by atoms with Crippen LogP contribution in [0.3, 0.4) is 0 Å². The summed E-state index contributed by atoms with van der Waals surface area (Å²) in [6.45, 7) is 0. The number of amides is 2. The molecule has 11 heteroatoms. The first-order chi connectivity index (χ1) is 13.9. The van der Waals surface area contributed by atoms with Crippen molar-refractivity contribution in [2.24, 2.45) is 5.10 Å². The molecule has 2 amide bonds. The van der Waals surface area contributed by atoms with Crippen molar-refractivity contribution in [3.8, 4) is 0 Å². The van der Waals surface area contributed by atoms with Crippen molar-refractivity contribution in [2.45, 2.75) is 6.42 Å². The smallest absolute Gasteiger partial charge is 0.257 e. The first-order valence-corrected chi connectivity index (χ1v) is 10.0. The summed E-state index contributed by atoms with van der Waals surface area (Å²) in [4.78, 5) is 24.1. The normalized spacial score (nSPS) is 10.9. The summed E-state index contributed by atoms with van der Waals surface area (Å²) in [5, 5.41) is 16.4. The molecule has 0 aliphatic carbocycles. The van der Waals surface area contributed by atoms with E-state index in [4.69, 9.17) is 34.8 Å². The molecule has 3 aromatic rings. The van der Waals surface area contributed by atoms with Crippen molar-refractivity contribution in [3.05, 3.63) is 73.7 Å². The lowest BCUT2D eigenvalue weighted by Gasteiger charge is -2.00. The van der Waals surface area contributed by atoms with Gasteiger partial charge in [0, 0.05) is 21.2 Å². The van der Waals surface area contributed by atoms with Crippen molar-refractivity contribution in [2.75, 3.05) is 5.32 Å². The minimum absolute atomic E-state index is 0.0415. The Bertz CT molecular complexity index is 1070. The Labute approximate surface area is 184 Å². The van der Waals surface area contributed by atoms with E-state index in [9.17, 15) is 9.59 Å². The maximum absolute atomic E-state index is 12.1. The molecule has 3 rings (SSSR count). The molecule has 0 radical (unpaired) electrons. The molecule has 0 unspecified atom stereocenters. The van der Waals surface area contributed by atoms with Crippen molar-refractivity contribution in [1.82, 2.24) is 15.6 Å². The second-order valence-electron chi connectivity index (χ2n) is 5.60. The summed E-state index contributed by atoms with van der Waals surface area (Å²) in [6.07, 6.45) is 1.37. The lowest BCUT2D eigenvalue weighted by atomic mass is 10.2. The number of carbonyl (C=O) groups excluding carboxylic acids is 2. The van der Waals surface area contributed by atoms with E-state index in [-0.39, 0.29) is 17.5 Å². The molecular weight excluding hydrogens is 457 g/mol. The molecule has 1 heterocycles. The third-order valence-corrected chi connectivity index (χ3v) is 5.11. The zero-order chi connectivity index (χ0) is 20.8. The number of anilines is 1. The molecule has 0 aliphatic heterocycles. The van der Waals surface area contributed by atoms with E-state index in [2.05, 4.69) is 26.0 Å². The Morgan fingerprint density at radius 3 is 2.48 bits per heavy atom. The van der Waals surface area contributed by atoms with Gasteiger partial charge in [-0.1, -0.05) is 52.2 Å². The Morgan fingerprint density at radius 2 is 1.76 bits per heavy atom. The van der Waals surface area contributed by atoms with Crippen LogP contribution in [0.5, 0.6) is 0 Å². The minimum atomic E-state index is -0.391. The second-order valence-corrected chi connectivity index (χ2v) is 7.94. The van der Waals surface area contributed by atoms with Crippen LogP contribution in [-0.4, -0.2) is 28.2 Å². The molecule has 2 aromatic carbocycles. The zero-order valence-corrected chi connectivity index (χ0v) is 17.6. The van der Waals surface area contributed by atoms with Crippen LogP contribution in [-0.2, 0) is 11.2 Å². The van der Waals surface area contributed by atoms with Crippen LogP contribution in [0.25, 0.3) is 0 Å².